The SMILES string of the molecule is Cc1nn(C)c(C)c1CC(=O)Nc1ccc(N2CCOCC2)nc1. The third kappa shape index (κ3) is 3.56. The van der Waals surface area contributed by atoms with Gasteiger partial charge in [0, 0.05) is 31.4 Å². The summed E-state index contributed by atoms with van der Waals surface area (Å²) < 4.78 is 7.14. The van der Waals surface area contributed by atoms with Gasteiger partial charge in [0.15, 0.2) is 0 Å². The van der Waals surface area contributed by atoms with Crippen molar-refractivity contribution in [2.24, 2.45) is 7.05 Å². The molecule has 0 unspecified atom stereocenters. The Bertz CT molecular complexity index is 717. The second-order valence-corrected chi connectivity index (χ2v) is 6.00. The van der Waals surface area contributed by atoms with Crippen LogP contribution < -0.4 is 10.2 Å². The average Bonchev–Trinajstić information content (AvgIpc) is 2.82. The minimum absolute atomic E-state index is 0.0601. The first kappa shape index (κ1) is 16.4. The third-order valence-corrected chi connectivity index (χ3v) is 4.36. The maximum atomic E-state index is 12.3. The molecule has 0 radical (unpaired) electrons. The van der Waals surface area contributed by atoms with E-state index in [0.717, 1.165) is 49.1 Å². The zero-order valence-corrected chi connectivity index (χ0v) is 14.4. The van der Waals surface area contributed by atoms with E-state index in [0.29, 0.717) is 12.1 Å². The maximum absolute atomic E-state index is 12.3. The topological polar surface area (TPSA) is 72.3 Å². The van der Waals surface area contributed by atoms with E-state index in [1.165, 1.54) is 0 Å². The summed E-state index contributed by atoms with van der Waals surface area (Å²) in [6, 6.07) is 3.82. The molecule has 7 nitrogen and oxygen atoms in total. The van der Waals surface area contributed by atoms with Gasteiger partial charge in [-0.05, 0) is 26.0 Å². The number of rotatable bonds is 4. The lowest BCUT2D eigenvalue weighted by atomic mass is 10.1. The largest absolute Gasteiger partial charge is 0.378 e. The van der Waals surface area contributed by atoms with E-state index in [4.69, 9.17) is 4.74 Å². The Balaban J connectivity index is 1.62. The number of aromatic nitrogens is 3. The molecule has 2 aromatic rings. The van der Waals surface area contributed by atoms with Crippen molar-refractivity contribution in [1.29, 1.82) is 0 Å². The van der Waals surface area contributed by atoms with Gasteiger partial charge < -0.3 is 15.0 Å². The molecular formula is C17H23N5O2. The van der Waals surface area contributed by atoms with Crippen molar-refractivity contribution in [3.63, 3.8) is 0 Å². The first-order chi connectivity index (χ1) is 11.5. The first-order valence-electron chi connectivity index (χ1n) is 8.12. The Morgan fingerprint density at radius 1 is 1.29 bits per heavy atom. The fourth-order valence-electron chi connectivity index (χ4n) is 2.88. The number of carbonyl (C=O) groups is 1. The van der Waals surface area contributed by atoms with Crippen molar-refractivity contribution in [3.05, 3.63) is 35.3 Å². The lowest BCUT2D eigenvalue weighted by molar-refractivity contribution is -0.115. The summed E-state index contributed by atoms with van der Waals surface area (Å²) in [7, 11) is 1.89. The van der Waals surface area contributed by atoms with E-state index in [-0.39, 0.29) is 5.91 Å². The highest BCUT2D eigenvalue weighted by molar-refractivity contribution is 5.92. The number of hydrogen-bond acceptors (Lipinski definition) is 5. The number of pyridine rings is 1. The van der Waals surface area contributed by atoms with Crippen molar-refractivity contribution in [1.82, 2.24) is 14.8 Å². The smallest absolute Gasteiger partial charge is 0.228 e. The molecule has 0 aromatic carbocycles. The monoisotopic (exact) mass is 329 g/mol. The van der Waals surface area contributed by atoms with E-state index in [9.17, 15) is 4.79 Å². The Morgan fingerprint density at radius 2 is 2.04 bits per heavy atom. The molecule has 128 valence electrons. The van der Waals surface area contributed by atoms with Crippen molar-refractivity contribution >= 4 is 17.4 Å². The number of carbonyl (C=O) groups excluding carboxylic acids is 1. The number of aryl methyl sites for hydroxylation is 2. The van der Waals surface area contributed by atoms with Gasteiger partial charge in [0.05, 0.1) is 37.2 Å². The molecule has 1 N–H and O–H groups in total. The second kappa shape index (κ2) is 7.00. The zero-order chi connectivity index (χ0) is 17.1. The molecule has 1 aliphatic heterocycles. The van der Waals surface area contributed by atoms with Crippen molar-refractivity contribution in [2.45, 2.75) is 20.3 Å². The fraction of sp³-hybridized carbons (Fsp3) is 0.471. The van der Waals surface area contributed by atoms with Gasteiger partial charge in [0.25, 0.3) is 0 Å². The minimum Gasteiger partial charge on any atom is -0.378 e. The van der Waals surface area contributed by atoms with Gasteiger partial charge in [0.2, 0.25) is 5.91 Å². The lowest BCUT2D eigenvalue weighted by Gasteiger charge is -2.27. The van der Waals surface area contributed by atoms with E-state index >= 15 is 0 Å². The summed E-state index contributed by atoms with van der Waals surface area (Å²) in [6.45, 7) is 7.04. The standard InChI is InChI=1S/C17H23N5O2/c1-12-15(13(2)21(3)20-12)10-17(23)19-14-4-5-16(18-11-14)22-6-8-24-9-7-22/h4-5,11H,6-10H2,1-3H3,(H,19,23). The molecule has 1 aliphatic rings. The number of morpholine rings is 1. The van der Waals surface area contributed by atoms with E-state index in [1.807, 2.05) is 33.0 Å². The van der Waals surface area contributed by atoms with Gasteiger partial charge in [-0.2, -0.15) is 5.10 Å². The third-order valence-electron chi connectivity index (χ3n) is 4.36. The number of ether oxygens (including phenoxy) is 1. The Kier molecular flexibility index (Phi) is 4.80. The summed E-state index contributed by atoms with van der Waals surface area (Å²) in [4.78, 5) is 18.9. The predicted molar refractivity (Wildman–Crippen MR) is 92.3 cm³/mol. The van der Waals surface area contributed by atoms with Crippen molar-refractivity contribution in [2.75, 3.05) is 36.5 Å². The quantitative estimate of drug-likeness (QED) is 0.919. The Hall–Kier alpha value is -2.41. The molecular weight excluding hydrogens is 306 g/mol. The molecule has 24 heavy (non-hydrogen) atoms. The number of nitrogens with one attached hydrogen (secondary N) is 1. The Morgan fingerprint density at radius 3 is 2.62 bits per heavy atom. The van der Waals surface area contributed by atoms with Crippen molar-refractivity contribution < 1.29 is 9.53 Å². The first-order valence-corrected chi connectivity index (χ1v) is 8.12. The van der Waals surface area contributed by atoms with Crippen LogP contribution in [0.2, 0.25) is 0 Å². The molecule has 0 atom stereocenters. The molecule has 0 bridgehead atoms. The van der Waals surface area contributed by atoms with Crippen LogP contribution in [0.5, 0.6) is 0 Å². The molecule has 0 saturated carbocycles. The Labute approximate surface area is 141 Å². The van der Waals surface area contributed by atoms with E-state index in [2.05, 4.69) is 20.3 Å². The average molecular weight is 329 g/mol. The summed E-state index contributed by atoms with van der Waals surface area (Å²) in [6.07, 6.45) is 2.02. The molecule has 3 rings (SSSR count). The molecule has 7 heteroatoms. The number of nitrogens with zero attached hydrogens (tertiary/aromatic N) is 4. The van der Waals surface area contributed by atoms with Crippen LogP contribution in [-0.2, 0) is 23.0 Å². The molecule has 0 aliphatic carbocycles. The van der Waals surface area contributed by atoms with Crippen LogP contribution in [-0.4, -0.2) is 47.0 Å². The van der Waals surface area contributed by atoms with Crippen LogP contribution in [0.3, 0.4) is 0 Å². The van der Waals surface area contributed by atoms with Crippen LogP contribution in [0, 0.1) is 13.8 Å². The summed E-state index contributed by atoms with van der Waals surface area (Å²) in [5, 5.41) is 7.25. The van der Waals surface area contributed by atoms with Gasteiger partial charge in [-0.25, -0.2) is 4.98 Å². The fourth-order valence-corrected chi connectivity index (χ4v) is 2.88. The van der Waals surface area contributed by atoms with Crippen LogP contribution in [0.1, 0.15) is 17.0 Å². The molecule has 0 spiro atoms. The zero-order valence-electron chi connectivity index (χ0n) is 14.4. The number of amides is 1. The van der Waals surface area contributed by atoms with E-state index in [1.54, 1.807) is 10.9 Å². The highest BCUT2D eigenvalue weighted by atomic mass is 16.5. The molecule has 2 aromatic heterocycles. The van der Waals surface area contributed by atoms with Crippen LogP contribution in [0.25, 0.3) is 0 Å². The van der Waals surface area contributed by atoms with E-state index < -0.39 is 0 Å². The lowest BCUT2D eigenvalue weighted by Crippen LogP contribution is -2.36. The number of hydrogen-bond donors (Lipinski definition) is 1. The van der Waals surface area contributed by atoms with Crippen LogP contribution >= 0.6 is 0 Å². The molecule has 1 saturated heterocycles. The highest BCUT2D eigenvalue weighted by Gasteiger charge is 2.15. The predicted octanol–water partition coefficient (Wildman–Crippen LogP) is 1.45. The maximum Gasteiger partial charge on any atom is 0.228 e. The molecule has 1 fully saturated rings. The van der Waals surface area contributed by atoms with Gasteiger partial charge in [-0.3, -0.25) is 9.48 Å². The second-order valence-electron chi connectivity index (χ2n) is 6.00. The van der Waals surface area contributed by atoms with Gasteiger partial charge in [-0.15, -0.1) is 0 Å². The molecule has 1 amide bonds. The summed E-state index contributed by atoms with van der Waals surface area (Å²) in [5.41, 5.74) is 3.60. The summed E-state index contributed by atoms with van der Waals surface area (Å²) in [5.74, 6) is 0.852. The van der Waals surface area contributed by atoms with Crippen LogP contribution in [0.15, 0.2) is 18.3 Å². The van der Waals surface area contributed by atoms with Crippen LogP contribution in [0.4, 0.5) is 11.5 Å². The summed E-state index contributed by atoms with van der Waals surface area (Å²) >= 11 is 0. The van der Waals surface area contributed by atoms with Crippen molar-refractivity contribution in [3.8, 4) is 0 Å². The van der Waals surface area contributed by atoms with Gasteiger partial charge >= 0.3 is 0 Å². The minimum atomic E-state index is -0.0601. The normalized spacial score (nSPS) is 14.7. The highest BCUT2D eigenvalue weighted by Crippen LogP contribution is 2.17. The molecule has 3 heterocycles. The number of anilines is 2. The van der Waals surface area contributed by atoms with Gasteiger partial charge in [-0.1, -0.05) is 0 Å². The van der Waals surface area contributed by atoms with Gasteiger partial charge in [0.1, 0.15) is 5.82 Å².